The Kier molecular flexibility index (Phi) is 4.09. The summed E-state index contributed by atoms with van der Waals surface area (Å²) in [7, 11) is 0. The van der Waals surface area contributed by atoms with Gasteiger partial charge in [-0.1, -0.05) is 12.1 Å². The first kappa shape index (κ1) is 14.2. The topological polar surface area (TPSA) is 59.3 Å². The zero-order valence-electron chi connectivity index (χ0n) is 11.9. The number of benzene rings is 1. The molecule has 0 fully saturated rings. The average molecular weight is 298 g/mol. The van der Waals surface area contributed by atoms with Crippen LogP contribution in [-0.2, 0) is 6.42 Å². The molecule has 1 N–H and O–H groups in total. The van der Waals surface area contributed by atoms with Crippen molar-refractivity contribution in [3.05, 3.63) is 65.9 Å². The number of pyridine rings is 1. The van der Waals surface area contributed by atoms with Gasteiger partial charge in [-0.05, 0) is 36.8 Å². The fourth-order valence-corrected chi connectivity index (χ4v) is 2.24. The monoisotopic (exact) mass is 298 g/mol. The zero-order chi connectivity index (χ0) is 15.4. The fourth-order valence-electron chi connectivity index (χ4n) is 2.24. The zero-order valence-corrected chi connectivity index (χ0v) is 11.9. The van der Waals surface area contributed by atoms with E-state index in [0.717, 1.165) is 17.9 Å². The van der Waals surface area contributed by atoms with E-state index in [2.05, 4.69) is 15.5 Å². The van der Waals surface area contributed by atoms with Crippen LogP contribution in [-0.4, -0.2) is 27.0 Å². The molecular weight excluding hydrogens is 283 g/mol. The maximum Gasteiger partial charge on any atom is 0.251 e. The van der Waals surface area contributed by atoms with E-state index < -0.39 is 5.82 Å². The molecule has 0 saturated heterocycles. The van der Waals surface area contributed by atoms with Gasteiger partial charge in [0.1, 0.15) is 11.6 Å². The molecule has 0 saturated carbocycles. The number of aryl methyl sites for hydroxylation is 1. The van der Waals surface area contributed by atoms with Crippen LogP contribution in [0.15, 0.2) is 48.7 Å². The van der Waals surface area contributed by atoms with Gasteiger partial charge in [-0.15, -0.1) is 10.2 Å². The van der Waals surface area contributed by atoms with Crippen LogP contribution >= 0.6 is 0 Å². The lowest BCUT2D eigenvalue weighted by Gasteiger charge is -2.05. The van der Waals surface area contributed by atoms with Crippen LogP contribution in [0.5, 0.6) is 0 Å². The normalized spacial score (nSPS) is 10.8. The lowest BCUT2D eigenvalue weighted by Crippen LogP contribution is -2.25. The molecule has 112 valence electrons. The number of amides is 1. The van der Waals surface area contributed by atoms with Crippen molar-refractivity contribution < 1.29 is 9.18 Å². The van der Waals surface area contributed by atoms with Gasteiger partial charge in [0.05, 0.1) is 0 Å². The molecule has 0 radical (unpaired) electrons. The van der Waals surface area contributed by atoms with Gasteiger partial charge in [-0.2, -0.15) is 0 Å². The van der Waals surface area contributed by atoms with Gasteiger partial charge in [0, 0.05) is 24.7 Å². The number of aromatic nitrogens is 3. The van der Waals surface area contributed by atoms with Crippen LogP contribution in [0.25, 0.3) is 5.65 Å². The highest BCUT2D eigenvalue weighted by Gasteiger charge is 2.07. The molecule has 0 aliphatic rings. The Bertz CT molecular complexity index is 799. The van der Waals surface area contributed by atoms with Crippen LogP contribution in [0.4, 0.5) is 4.39 Å². The Hall–Kier alpha value is -2.76. The first-order valence-corrected chi connectivity index (χ1v) is 7.06. The summed E-state index contributed by atoms with van der Waals surface area (Å²) in [4.78, 5) is 11.9. The highest BCUT2D eigenvalue weighted by molar-refractivity contribution is 5.94. The Balaban J connectivity index is 1.52. The third-order valence-corrected chi connectivity index (χ3v) is 3.33. The SMILES string of the molecule is O=C(NCCCc1nnc2ccccn12)c1cccc(F)c1. The summed E-state index contributed by atoms with van der Waals surface area (Å²) in [6, 6.07) is 11.4. The van der Waals surface area contributed by atoms with E-state index >= 15 is 0 Å². The number of hydrogen-bond donors (Lipinski definition) is 1. The van der Waals surface area contributed by atoms with Crippen molar-refractivity contribution in [1.29, 1.82) is 0 Å². The van der Waals surface area contributed by atoms with Crippen LogP contribution in [0.2, 0.25) is 0 Å². The van der Waals surface area contributed by atoms with Crippen molar-refractivity contribution in [2.75, 3.05) is 6.54 Å². The minimum absolute atomic E-state index is 0.273. The van der Waals surface area contributed by atoms with E-state index in [1.54, 1.807) is 6.07 Å². The molecule has 1 aromatic carbocycles. The lowest BCUT2D eigenvalue weighted by atomic mass is 10.2. The minimum Gasteiger partial charge on any atom is -0.352 e. The predicted molar refractivity (Wildman–Crippen MR) is 80.0 cm³/mol. The second kappa shape index (κ2) is 6.34. The van der Waals surface area contributed by atoms with Crippen molar-refractivity contribution in [2.45, 2.75) is 12.8 Å². The third kappa shape index (κ3) is 3.11. The molecule has 3 aromatic rings. The van der Waals surface area contributed by atoms with Gasteiger partial charge >= 0.3 is 0 Å². The van der Waals surface area contributed by atoms with E-state index in [0.29, 0.717) is 18.5 Å². The molecule has 3 rings (SSSR count). The maximum absolute atomic E-state index is 13.1. The summed E-state index contributed by atoms with van der Waals surface area (Å²) >= 11 is 0. The lowest BCUT2D eigenvalue weighted by molar-refractivity contribution is 0.0952. The van der Waals surface area contributed by atoms with E-state index in [-0.39, 0.29) is 5.91 Å². The van der Waals surface area contributed by atoms with Crippen molar-refractivity contribution in [2.24, 2.45) is 0 Å². The highest BCUT2D eigenvalue weighted by atomic mass is 19.1. The molecule has 5 nitrogen and oxygen atoms in total. The van der Waals surface area contributed by atoms with Gasteiger partial charge in [0.15, 0.2) is 5.65 Å². The molecule has 1 amide bonds. The van der Waals surface area contributed by atoms with Crippen molar-refractivity contribution in [1.82, 2.24) is 19.9 Å². The number of nitrogens with one attached hydrogen (secondary N) is 1. The first-order chi connectivity index (χ1) is 10.7. The smallest absolute Gasteiger partial charge is 0.251 e. The highest BCUT2D eigenvalue weighted by Crippen LogP contribution is 2.05. The largest absolute Gasteiger partial charge is 0.352 e. The molecule has 22 heavy (non-hydrogen) atoms. The molecule has 0 aliphatic carbocycles. The van der Waals surface area contributed by atoms with Crippen LogP contribution < -0.4 is 5.32 Å². The Morgan fingerprint density at radius 1 is 1.18 bits per heavy atom. The molecule has 2 heterocycles. The van der Waals surface area contributed by atoms with Gasteiger partial charge in [0.2, 0.25) is 0 Å². The van der Waals surface area contributed by atoms with Crippen LogP contribution in [0.1, 0.15) is 22.6 Å². The molecule has 0 bridgehead atoms. The van der Waals surface area contributed by atoms with Crippen molar-refractivity contribution in [3.8, 4) is 0 Å². The van der Waals surface area contributed by atoms with Gasteiger partial charge < -0.3 is 5.32 Å². The molecule has 0 spiro atoms. The van der Waals surface area contributed by atoms with Crippen molar-refractivity contribution in [3.63, 3.8) is 0 Å². The Morgan fingerprint density at radius 2 is 2.09 bits per heavy atom. The summed E-state index contributed by atoms with van der Waals surface area (Å²) in [5, 5.41) is 11.0. The molecule has 2 aromatic heterocycles. The molecule has 0 aliphatic heterocycles. The fraction of sp³-hybridized carbons (Fsp3) is 0.188. The number of carbonyl (C=O) groups is 1. The average Bonchev–Trinajstić information content (AvgIpc) is 2.95. The quantitative estimate of drug-likeness (QED) is 0.735. The number of rotatable bonds is 5. The number of hydrogen-bond acceptors (Lipinski definition) is 3. The summed E-state index contributed by atoms with van der Waals surface area (Å²) in [5.74, 6) is 0.170. The van der Waals surface area contributed by atoms with Crippen LogP contribution in [0.3, 0.4) is 0 Å². The van der Waals surface area contributed by atoms with Gasteiger partial charge in [0.25, 0.3) is 5.91 Å². The van der Waals surface area contributed by atoms with Gasteiger partial charge in [-0.25, -0.2) is 4.39 Å². The summed E-state index contributed by atoms with van der Waals surface area (Å²) in [6.07, 6.45) is 3.35. The summed E-state index contributed by atoms with van der Waals surface area (Å²) < 4.78 is 15.0. The van der Waals surface area contributed by atoms with E-state index in [1.165, 1.54) is 18.2 Å². The van der Waals surface area contributed by atoms with Crippen LogP contribution in [0, 0.1) is 5.82 Å². The molecule has 0 unspecified atom stereocenters. The molecular formula is C16H15FN4O. The standard InChI is InChI=1S/C16H15FN4O/c17-13-6-3-5-12(11-13)16(22)18-9-4-8-15-20-19-14-7-1-2-10-21(14)15/h1-3,5-7,10-11H,4,8-9H2,(H,18,22). The second-order valence-electron chi connectivity index (χ2n) is 4.91. The maximum atomic E-state index is 13.1. The van der Waals surface area contributed by atoms with Gasteiger partial charge in [-0.3, -0.25) is 9.20 Å². The number of fused-ring (bicyclic) bond motifs is 1. The van der Waals surface area contributed by atoms with Crippen molar-refractivity contribution >= 4 is 11.6 Å². The number of nitrogens with zero attached hydrogens (tertiary/aromatic N) is 3. The molecule has 6 heteroatoms. The van der Waals surface area contributed by atoms with E-state index in [9.17, 15) is 9.18 Å². The second-order valence-corrected chi connectivity index (χ2v) is 4.91. The number of halogens is 1. The minimum atomic E-state index is -0.414. The third-order valence-electron chi connectivity index (χ3n) is 3.33. The Morgan fingerprint density at radius 3 is 2.95 bits per heavy atom. The summed E-state index contributed by atoms with van der Waals surface area (Å²) in [5.41, 5.74) is 1.13. The Labute approximate surface area is 126 Å². The van der Waals surface area contributed by atoms with E-state index in [1.807, 2.05) is 28.8 Å². The summed E-state index contributed by atoms with van der Waals surface area (Å²) in [6.45, 7) is 0.497. The van der Waals surface area contributed by atoms with E-state index in [4.69, 9.17) is 0 Å². The number of carbonyl (C=O) groups excluding carboxylic acids is 1. The first-order valence-electron chi connectivity index (χ1n) is 7.06. The predicted octanol–water partition coefficient (Wildman–Crippen LogP) is 2.23. The molecule has 0 atom stereocenters.